The molecular formula is C10H18N2O5. The lowest BCUT2D eigenvalue weighted by Gasteiger charge is -2.15. The third-order valence-corrected chi connectivity index (χ3v) is 2.54. The van der Waals surface area contributed by atoms with Crippen molar-refractivity contribution in [2.45, 2.75) is 31.4 Å². The summed E-state index contributed by atoms with van der Waals surface area (Å²) in [6.07, 6.45) is 1.89. The second-order valence-corrected chi connectivity index (χ2v) is 3.89. The standard InChI is InChI=1S/C10H18N2O5/c13-4-3-8(9(14)15)12-10(16)11-6-7-2-1-5-17-7/h7-8,13H,1-6H2,(H,14,15)(H2,11,12,16). The fraction of sp³-hybridized carbons (Fsp3) is 0.800. The first-order chi connectivity index (χ1) is 8.13. The highest BCUT2D eigenvalue weighted by atomic mass is 16.5. The summed E-state index contributed by atoms with van der Waals surface area (Å²) < 4.78 is 5.30. The molecule has 1 saturated heterocycles. The molecular weight excluding hydrogens is 228 g/mol. The minimum Gasteiger partial charge on any atom is -0.480 e. The van der Waals surface area contributed by atoms with Gasteiger partial charge in [0.1, 0.15) is 6.04 Å². The number of hydrogen-bond acceptors (Lipinski definition) is 4. The molecule has 0 aromatic rings. The molecule has 98 valence electrons. The molecule has 17 heavy (non-hydrogen) atoms. The molecule has 1 heterocycles. The molecule has 0 bridgehead atoms. The molecule has 1 fully saturated rings. The predicted molar refractivity (Wildman–Crippen MR) is 58.6 cm³/mol. The van der Waals surface area contributed by atoms with Gasteiger partial charge in [-0.25, -0.2) is 9.59 Å². The Morgan fingerprint density at radius 3 is 2.76 bits per heavy atom. The van der Waals surface area contributed by atoms with Crippen LogP contribution in [0.1, 0.15) is 19.3 Å². The average molecular weight is 246 g/mol. The Kier molecular flexibility index (Phi) is 5.71. The zero-order valence-corrected chi connectivity index (χ0v) is 9.52. The molecule has 2 unspecified atom stereocenters. The van der Waals surface area contributed by atoms with Gasteiger partial charge in [-0.05, 0) is 12.8 Å². The SMILES string of the molecule is O=C(NCC1CCCO1)NC(CCO)C(=O)O. The van der Waals surface area contributed by atoms with Crippen molar-refractivity contribution in [2.75, 3.05) is 19.8 Å². The van der Waals surface area contributed by atoms with E-state index < -0.39 is 18.0 Å². The Morgan fingerprint density at radius 2 is 2.24 bits per heavy atom. The summed E-state index contributed by atoms with van der Waals surface area (Å²) in [6, 6.07) is -1.62. The number of carbonyl (C=O) groups excluding carboxylic acids is 1. The van der Waals surface area contributed by atoms with E-state index in [1.165, 1.54) is 0 Å². The summed E-state index contributed by atoms with van der Waals surface area (Å²) >= 11 is 0. The lowest BCUT2D eigenvalue weighted by atomic mass is 10.2. The summed E-state index contributed by atoms with van der Waals surface area (Å²) in [5.41, 5.74) is 0. The Morgan fingerprint density at radius 1 is 1.47 bits per heavy atom. The van der Waals surface area contributed by atoms with Crippen molar-refractivity contribution >= 4 is 12.0 Å². The van der Waals surface area contributed by atoms with E-state index >= 15 is 0 Å². The highest BCUT2D eigenvalue weighted by molar-refractivity contribution is 5.82. The second-order valence-electron chi connectivity index (χ2n) is 3.89. The maximum atomic E-state index is 11.4. The van der Waals surface area contributed by atoms with E-state index in [-0.39, 0.29) is 19.1 Å². The number of carbonyl (C=O) groups is 2. The predicted octanol–water partition coefficient (Wildman–Crippen LogP) is -0.700. The first-order valence-electron chi connectivity index (χ1n) is 5.63. The molecule has 2 amide bonds. The number of amides is 2. The van der Waals surface area contributed by atoms with Crippen LogP contribution in [0.3, 0.4) is 0 Å². The van der Waals surface area contributed by atoms with Crippen LogP contribution < -0.4 is 10.6 Å². The third kappa shape index (κ3) is 5.01. The highest BCUT2D eigenvalue weighted by Gasteiger charge is 2.20. The van der Waals surface area contributed by atoms with Gasteiger partial charge in [0.15, 0.2) is 0 Å². The number of aliphatic hydroxyl groups excluding tert-OH is 1. The van der Waals surface area contributed by atoms with Gasteiger partial charge >= 0.3 is 12.0 Å². The molecule has 0 aromatic carbocycles. The molecule has 2 atom stereocenters. The van der Waals surface area contributed by atoms with E-state index in [0.717, 1.165) is 12.8 Å². The summed E-state index contributed by atoms with van der Waals surface area (Å²) in [7, 11) is 0. The lowest BCUT2D eigenvalue weighted by Crippen LogP contribution is -2.47. The molecule has 7 heteroatoms. The number of carboxylic acids is 1. The topological polar surface area (TPSA) is 108 Å². The molecule has 7 nitrogen and oxygen atoms in total. The van der Waals surface area contributed by atoms with Crippen LogP contribution in [0.2, 0.25) is 0 Å². The van der Waals surface area contributed by atoms with Crippen LogP contribution in [0.4, 0.5) is 4.79 Å². The van der Waals surface area contributed by atoms with Crippen LogP contribution in [-0.4, -0.2) is 54.1 Å². The van der Waals surface area contributed by atoms with Crippen molar-refractivity contribution in [1.82, 2.24) is 10.6 Å². The van der Waals surface area contributed by atoms with Gasteiger partial charge in [0, 0.05) is 26.2 Å². The summed E-state index contributed by atoms with van der Waals surface area (Å²) in [5, 5.41) is 22.2. The Labute approximate surface area is 99.1 Å². The highest BCUT2D eigenvalue weighted by Crippen LogP contribution is 2.10. The molecule has 0 spiro atoms. The van der Waals surface area contributed by atoms with Crippen LogP contribution in [0, 0.1) is 0 Å². The van der Waals surface area contributed by atoms with Crippen LogP contribution >= 0.6 is 0 Å². The number of rotatable bonds is 6. The molecule has 0 aliphatic carbocycles. The van der Waals surface area contributed by atoms with E-state index in [0.29, 0.717) is 13.2 Å². The number of ether oxygens (including phenoxy) is 1. The fourth-order valence-corrected chi connectivity index (χ4v) is 1.61. The van der Waals surface area contributed by atoms with Gasteiger partial charge < -0.3 is 25.6 Å². The van der Waals surface area contributed by atoms with Crippen molar-refractivity contribution in [3.63, 3.8) is 0 Å². The summed E-state index contributed by atoms with van der Waals surface area (Å²) in [6.45, 7) is 0.788. The van der Waals surface area contributed by atoms with E-state index in [1.54, 1.807) is 0 Å². The number of aliphatic carboxylic acids is 1. The van der Waals surface area contributed by atoms with Crippen LogP contribution in [0.15, 0.2) is 0 Å². The first-order valence-corrected chi connectivity index (χ1v) is 5.63. The van der Waals surface area contributed by atoms with Gasteiger partial charge in [-0.3, -0.25) is 0 Å². The van der Waals surface area contributed by atoms with Crippen molar-refractivity contribution in [2.24, 2.45) is 0 Å². The van der Waals surface area contributed by atoms with Gasteiger partial charge in [-0.2, -0.15) is 0 Å². The van der Waals surface area contributed by atoms with Crippen molar-refractivity contribution in [3.05, 3.63) is 0 Å². The number of urea groups is 1. The largest absolute Gasteiger partial charge is 0.480 e. The number of hydrogen-bond donors (Lipinski definition) is 4. The van der Waals surface area contributed by atoms with Gasteiger partial charge in [0.05, 0.1) is 6.10 Å². The molecule has 0 radical (unpaired) electrons. The van der Waals surface area contributed by atoms with Crippen LogP contribution in [-0.2, 0) is 9.53 Å². The minimum atomic E-state index is -1.16. The van der Waals surface area contributed by atoms with Crippen LogP contribution in [0.5, 0.6) is 0 Å². The van der Waals surface area contributed by atoms with Gasteiger partial charge in [-0.15, -0.1) is 0 Å². The maximum absolute atomic E-state index is 11.4. The van der Waals surface area contributed by atoms with Crippen molar-refractivity contribution < 1.29 is 24.5 Å². The zero-order valence-electron chi connectivity index (χ0n) is 9.52. The van der Waals surface area contributed by atoms with Crippen LogP contribution in [0.25, 0.3) is 0 Å². The molecule has 0 saturated carbocycles. The number of carboxylic acid groups (broad SMARTS) is 1. The van der Waals surface area contributed by atoms with E-state index in [1.807, 2.05) is 0 Å². The zero-order chi connectivity index (χ0) is 12.7. The average Bonchev–Trinajstić information content (AvgIpc) is 2.78. The maximum Gasteiger partial charge on any atom is 0.326 e. The molecule has 1 aliphatic heterocycles. The van der Waals surface area contributed by atoms with Crippen molar-refractivity contribution in [1.29, 1.82) is 0 Å². The first kappa shape index (κ1) is 13.7. The lowest BCUT2D eigenvalue weighted by molar-refractivity contribution is -0.139. The van der Waals surface area contributed by atoms with E-state index in [2.05, 4.69) is 10.6 Å². The minimum absolute atomic E-state index is 0.0112. The molecule has 4 N–H and O–H groups in total. The quantitative estimate of drug-likeness (QED) is 0.495. The Bertz CT molecular complexity index is 265. The fourth-order valence-electron chi connectivity index (χ4n) is 1.61. The normalized spacial score (nSPS) is 20.9. The molecule has 0 aromatic heterocycles. The van der Waals surface area contributed by atoms with Gasteiger partial charge in [0.25, 0.3) is 0 Å². The Hall–Kier alpha value is -1.34. The number of nitrogens with one attached hydrogen (secondary N) is 2. The smallest absolute Gasteiger partial charge is 0.326 e. The summed E-state index contributed by atoms with van der Waals surface area (Å²) in [4.78, 5) is 22.1. The summed E-state index contributed by atoms with van der Waals surface area (Å²) in [5.74, 6) is -1.16. The van der Waals surface area contributed by atoms with E-state index in [4.69, 9.17) is 14.9 Å². The molecule has 1 rings (SSSR count). The monoisotopic (exact) mass is 246 g/mol. The molecule has 1 aliphatic rings. The number of aliphatic hydroxyl groups is 1. The third-order valence-electron chi connectivity index (χ3n) is 2.54. The second kappa shape index (κ2) is 7.08. The van der Waals surface area contributed by atoms with E-state index in [9.17, 15) is 9.59 Å². The van der Waals surface area contributed by atoms with Crippen molar-refractivity contribution in [3.8, 4) is 0 Å². The van der Waals surface area contributed by atoms with Gasteiger partial charge in [-0.1, -0.05) is 0 Å². The van der Waals surface area contributed by atoms with Gasteiger partial charge in [0.2, 0.25) is 0 Å². The Balaban J connectivity index is 2.23.